The molecule has 0 aliphatic heterocycles. The van der Waals surface area contributed by atoms with Crippen LogP contribution in [0.2, 0.25) is 0 Å². The predicted octanol–water partition coefficient (Wildman–Crippen LogP) is 8.98. The van der Waals surface area contributed by atoms with Gasteiger partial charge in [0.25, 0.3) is 0 Å². The Morgan fingerprint density at radius 3 is 2.35 bits per heavy atom. The smallest absolute Gasteiger partial charge is 0.199 e. The Balaban J connectivity index is 1.29. The van der Waals surface area contributed by atoms with Gasteiger partial charge in [-0.25, -0.2) is 0 Å². The van der Waals surface area contributed by atoms with Crippen molar-refractivity contribution in [3.8, 4) is 6.07 Å². The van der Waals surface area contributed by atoms with Crippen LogP contribution in [0.4, 0.5) is 4.39 Å². The van der Waals surface area contributed by atoms with Crippen LogP contribution in [0.3, 0.4) is 0 Å². The lowest BCUT2D eigenvalue weighted by Gasteiger charge is -2.32. The third-order valence-electron chi connectivity index (χ3n) is 7.89. The van der Waals surface area contributed by atoms with Crippen molar-refractivity contribution in [2.24, 2.45) is 11.8 Å². The van der Waals surface area contributed by atoms with E-state index in [0.717, 1.165) is 38.2 Å². The molecule has 0 bridgehead atoms. The molecule has 34 heavy (non-hydrogen) atoms. The van der Waals surface area contributed by atoms with Crippen LogP contribution in [0, 0.1) is 23.2 Å². The molecule has 2 nitrogen and oxygen atoms in total. The van der Waals surface area contributed by atoms with Gasteiger partial charge in [-0.2, -0.15) is 9.65 Å². The second-order valence-electron chi connectivity index (χ2n) is 10.5. The molecule has 2 aliphatic rings. The van der Waals surface area contributed by atoms with Crippen molar-refractivity contribution in [3.05, 3.63) is 59.4 Å². The topological polar surface area (TPSA) is 33.0 Å². The number of aryl methyl sites for hydroxylation is 1. The van der Waals surface area contributed by atoms with Crippen molar-refractivity contribution in [1.29, 1.82) is 5.26 Å². The molecule has 186 valence electrons. The maximum absolute atomic E-state index is 12.9. The van der Waals surface area contributed by atoms with Gasteiger partial charge in [0.2, 0.25) is 0 Å². The third kappa shape index (κ3) is 9.38. The van der Waals surface area contributed by atoms with Crippen molar-refractivity contribution < 1.29 is 9.13 Å². The summed E-state index contributed by atoms with van der Waals surface area (Å²) in [6.45, 7) is 3.18. The van der Waals surface area contributed by atoms with Crippen molar-refractivity contribution in [3.63, 3.8) is 0 Å². The zero-order valence-corrected chi connectivity index (χ0v) is 21.2. The normalized spacial score (nSPS) is 26.0. The maximum atomic E-state index is 12.9. The van der Waals surface area contributed by atoms with Gasteiger partial charge in [-0.1, -0.05) is 69.0 Å². The summed E-state index contributed by atoms with van der Waals surface area (Å²) in [6, 6.07) is 11.0. The molecule has 0 spiro atoms. The average Bonchev–Trinajstić information content (AvgIpc) is 2.88. The van der Waals surface area contributed by atoms with Crippen molar-refractivity contribution in [2.75, 3.05) is 6.61 Å². The average molecular weight is 466 g/mol. The summed E-state index contributed by atoms with van der Waals surface area (Å²) in [6.07, 6.45) is 22.8. The Morgan fingerprint density at radius 2 is 1.68 bits per heavy atom. The molecule has 0 heterocycles. The Labute approximate surface area is 207 Å². The van der Waals surface area contributed by atoms with Crippen LogP contribution in [-0.2, 0) is 11.2 Å². The fourth-order valence-electron chi connectivity index (χ4n) is 5.61. The van der Waals surface area contributed by atoms with E-state index in [2.05, 4.69) is 31.2 Å². The van der Waals surface area contributed by atoms with Crippen molar-refractivity contribution >= 4 is 0 Å². The number of nitrogens with zero attached hydrogens (tertiary/aromatic N) is 1. The molecule has 0 amide bonds. The van der Waals surface area contributed by atoms with E-state index in [1.54, 1.807) is 6.08 Å². The minimum absolute atomic E-state index is 0.378. The first-order valence-corrected chi connectivity index (χ1v) is 13.8. The highest BCUT2D eigenvalue weighted by atomic mass is 19.1. The molecule has 2 aliphatic carbocycles. The molecule has 2 saturated carbocycles. The van der Waals surface area contributed by atoms with Gasteiger partial charge in [-0.15, -0.1) is 0 Å². The van der Waals surface area contributed by atoms with Crippen LogP contribution in [0.5, 0.6) is 0 Å². The summed E-state index contributed by atoms with van der Waals surface area (Å²) in [7, 11) is 0. The summed E-state index contributed by atoms with van der Waals surface area (Å²) in [5, 5.41) is 8.46. The Morgan fingerprint density at radius 1 is 0.971 bits per heavy atom. The first-order valence-electron chi connectivity index (χ1n) is 13.8. The lowest BCUT2D eigenvalue weighted by atomic mass is 9.78. The number of ether oxygens (including phenoxy) is 1. The monoisotopic (exact) mass is 465 g/mol. The Bertz CT molecular complexity index is 790. The molecule has 0 aromatic heterocycles. The highest BCUT2D eigenvalue weighted by molar-refractivity contribution is 5.26. The van der Waals surface area contributed by atoms with Gasteiger partial charge in [0.05, 0.1) is 6.10 Å². The fourth-order valence-corrected chi connectivity index (χ4v) is 5.61. The van der Waals surface area contributed by atoms with Gasteiger partial charge in [-0.3, -0.25) is 0 Å². The quantitative estimate of drug-likeness (QED) is 0.175. The van der Waals surface area contributed by atoms with E-state index in [1.807, 2.05) is 6.08 Å². The fraction of sp³-hybridized carbons (Fsp3) is 0.645. The van der Waals surface area contributed by atoms with E-state index in [0.29, 0.717) is 17.9 Å². The van der Waals surface area contributed by atoms with Crippen LogP contribution in [0.15, 0.2) is 48.3 Å². The third-order valence-corrected chi connectivity index (χ3v) is 7.89. The highest BCUT2D eigenvalue weighted by Gasteiger charge is 2.25. The van der Waals surface area contributed by atoms with E-state index in [1.165, 1.54) is 87.5 Å². The van der Waals surface area contributed by atoms with E-state index < -0.39 is 5.83 Å². The number of rotatable bonds is 12. The van der Waals surface area contributed by atoms with Gasteiger partial charge in [-0.05, 0) is 99.2 Å². The number of nitriles is 1. The van der Waals surface area contributed by atoms with E-state index in [9.17, 15) is 4.39 Å². The SMILES string of the molecule is CCCCCCCc1ccc(C2CCC(COC3CCC(C=CC=C(F)C#N)CC3)CC2)cc1. The lowest BCUT2D eigenvalue weighted by molar-refractivity contribution is -0.00456. The second-order valence-corrected chi connectivity index (χ2v) is 10.5. The summed E-state index contributed by atoms with van der Waals surface area (Å²) < 4.78 is 19.2. The molecule has 0 atom stereocenters. The van der Waals surface area contributed by atoms with Gasteiger partial charge in [0.1, 0.15) is 6.07 Å². The van der Waals surface area contributed by atoms with Crippen LogP contribution in [0.25, 0.3) is 0 Å². The largest absolute Gasteiger partial charge is 0.378 e. The Kier molecular flexibility index (Phi) is 11.9. The molecule has 1 aromatic carbocycles. The molecular formula is C31H44FNO. The predicted molar refractivity (Wildman–Crippen MR) is 139 cm³/mol. The maximum Gasteiger partial charge on any atom is 0.199 e. The number of unbranched alkanes of at least 4 members (excludes halogenated alkanes) is 4. The van der Waals surface area contributed by atoms with Gasteiger partial charge in [0, 0.05) is 6.61 Å². The summed E-state index contributed by atoms with van der Waals surface area (Å²) in [5.74, 6) is 1.17. The number of benzene rings is 1. The van der Waals surface area contributed by atoms with Gasteiger partial charge in [0.15, 0.2) is 5.83 Å². The molecular weight excluding hydrogens is 421 g/mol. The van der Waals surface area contributed by atoms with E-state index >= 15 is 0 Å². The molecule has 0 radical (unpaired) electrons. The molecule has 3 rings (SSSR count). The summed E-state index contributed by atoms with van der Waals surface area (Å²) in [4.78, 5) is 0. The minimum Gasteiger partial charge on any atom is -0.378 e. The molecule has 2 fully saturated rings. The highest BCUT2D eigenvalue weighted by Crippen LogP contribution is 2.37. The standard InChI is InChI=1S/C31H44FNO/c1-2-3-4-5-6-8-25-11-17-28(18-12-25)29-19-13-27(14-20-29)24-34-31-21-15-26(16-22-31)9-7-10-30(32)23-33/h7,9-12,17-18,26-27,29,31H,2-6,8,13-16,19-22,24H2,1H3. The molecule has 1 aromatic rings. The van der Waals surface area contributed by atoms with Crippen molar-refractivity contribution in [1.82, 2.24) is 0 Å². The number of allylic oxidation sites excluding steroid dienone is 4. The van der Waals surface area contributed by atoms with Crippen molar-refractivity contribution in [2.45, 2.75) is 109 Å². The zero-order chi connectivity index (χ0) is 24.0. The number of hydrogen-bond acceptors (Lipinski definition) is 2. The first-order chi connectivity index (χ1) is 16.7. The Hall–Kier alpha value is -1.92. The summed E-state index contributed by atoms with van der Waals surface area (Å²) >= 11 is 0. The van der Waals surface area contributed by atoms with Crippen LogP contribution in [0.1, 0.15) is 107 Å². The van der Waals surface area contributed by atoms with Gasteiger partial charge >= 0.3 is 0 Å². The van der Waals surface area contributed by atoms with Crippen LogP contribution in [-0.4, -0.2) is 12.7 Å². The molecule has 0 unspecified atom stereocenters. The molecule has 0 saturated heterocycles. The minimum atomic E-state index is -0.729. The van der Waals surface area contributed by atoms with Crippen LogP contribution < -0.4 is 0 Å². The molecule has 0 N–H and O–H groups in total. The second kappa shape index (κ2) is 15.2. The van der Waals surface area contributed by atoms with Gasteiger partial charge < -0.3 is 4.74 Å². The number of hydrogen-bond donors (Lipinski definition) is 0. The van der Waals surface area contributed by atoms with E-state index in [4.69, 9.17) is 10.00 Å². The molecule has 3 heteroatoms. The van der Waals surface area contributed by atoms with E-state index in [-0.39, 0.29) is 0 Å². The number of halogens is 1. The lowest BCUT2D eigenvalue weighted by Crippen LogP contribution is -2.25. The van der Waals surface area contributed by atoms with Crippen LogP contribution >= 0.6 is 0 Å². The zero-order valence-electron chi connectivity index (χ0n) is 21.2. The first kappa shape index (κ1) is 26.7. The summed E-state index contributed by atoms with van der Waals surface area (Å²) in [5.41, 5.74) is 3.03.